The zero-order chi connectivity index (χ0) is 14.9. The molecule has 5 nitrogen and oxygen atoms in total. The Bertz CT molecular complexity index is 445. The molecule has 0 radical (unpaired) electrons. The number of rotatable bonds is 7. The fourth-order valence-corrected chi connectivity index (χ4v) is 2.22. The van der Waals surface area contributed by atoms with Gasteiger partial charge in [0.1, 0.15) is 0 Å². The van der Waals surface area contributed by atoms with E-state index in [2.05, 4.69) is 10.2 Å². The van der Waals surface area contributed by atoms with E-state index in [1.807, 2.05) is 25.1 Å². The number of nitrogens with one attached hydrogen (secondary N) is 1. The van der Waals surface area contributed by atoms with E-state index in [0.29, 0.717) is 12.2 Å². The molecule has 0 saturated carbocycles. The van der Waals surface area contributed by atoms with Gasteiger partial charge in [0.2, 0.25) is 0 Å². The van der Waals surface area contributed by atoms with Gasteiger partial charge in [-0.15, -0.1) is 0 Å². The number of benzene rings is 1. The molecule has 1 heterocycles. The third kappa shape index (κ3) is 5.36. The third-order valence-corrected chi connectivity index (χ3v) is 3.40. The van der Waals surface area contributed by atoms with E-state index in [1.54, 1.807) is 6.07 Å². The van der Waals surface area contributed by atoms with Gasteiger partial charge in [0.15, 0.2) is 0 Å². The number of hydrogen-bond donors (Lipinski definition) is 1. The molecule has 21 heavy (non-hydrogen) atoms. The second-order valence-corrected chi connectivity index (χ2v) is 5.10. The van der Waals surface area contributed by atoms with Crippen LogP contribution < -0.4 is 5.32 Å². The molecule has 2 rings (SSSR count). The summed E-state index contributed by atoms with van der Waals surface area (Å²) in [6.07, 6.45) is 0.837. The van der Waals surface area contributed by atoms with Gasteiger partial charge in [-0.2, -0.15) is 0 Å². The molecule has 1 aromatic carbocycles. The van der Waals surface area contributed by atoms with Crippen LogP contribution in [0.4, 0.5) is 5.69 Å². The summed E-state index contributed by atoms with van der Waals surface area (Å²) in [6.45, 7) is 7.90. The Morgan fingerprint density at radius 1 is 1.38 bits per heavy atom. The lowest BCUT2D eigenvalue weighted by molar-refractivity contribution is 0.0398. The summed E-state index contributed by atoms with van der Waals surface area (Å²) in [4.78, 5) is 14.2. The molecular weight excluding hydrogens is 268 g/mol. The quantitative estimate of drug-likeness (QED) is 0.779. The van der Waals surface area contributed by atoms with Crippen molar-refractivity contribution in [3.8, 4) is 0 Å². The first-order chi connectivity index (χ1) is 10.3. The minimum absolute atomic E-state index is 0.256. The molecule has 1 N–H and O–H groups in total. The van der Waals surface area contributed by atoms with Crippen LogP contribution in [0.25, 0.3) is 0 Å². The molecule has 0 unspecified atom stereocenters. The molecule has 1 fully saturated rings. The Morgan fingerprint density at radius 2 is 2.19 bits per heavy atom. The second kappa shape index (κ2) is 8.64. The zero-order valence-electron chi connectivity index (χ0n) is 12.6. The van der Waals surface area contributed by atoms with Crippen LogP contribution in [0, 0.1) is 0 Å². The van der Waals surface area contributed by atoms with Gasteiger partial charge >= 0.3 is 5.97 Å². The Morgan fingerprint density at radius 3 is 2.95 bits per heavy atom. The molecule has 0 amide bonds. The van der Waals surface area contributed by atoms with Crippen LogP contribution in [0.15, 0.2) is 24.3 Å². The van der Waals surface area contributed by atoms with E-state index in [1.165, 1.54) is 0 Å². The fraction of sp³-hybridized carbons (Fsp3) is 0.562. The smallest absolute Gasteiger partial charge is 0.338 e. The van der Waals surface area contributed by atoms with Gasteiger partial charge in [-0.05, 0) is 24.6 Å². The minimum atomic E-state index is -0.256. The number of esters is 1. The topological polar surface area (TPSA) is 50.8 Å². The molecular formula is C16H24N2O3. The lowest BCUT2D eigenvalue weighted by atomic mass is 10.2. The molecule has 5 heteroatoms. The number of anilines is 1. The molecule has 1 aliphatic rings. The highest BCUT2D eigenvalue weighted by atomic mass is 16.5. The largest absolute Gasteiger partial charge is 0.462 e. The van der Waals surface area contributed by atoms with Crippen LogP contribution in [0.1, 0.15) is 23.7 Å². The summed E-state index contributed by atoms with van der Waals surface area (Å²) in [5.41, 5.74) is 1.55. The first kappa shape index (κ1) is 15.8. The van der Waals surface area contributed by atoms with Crippen molar-refractivity contribution in [1.82, 2.24) is 4.90 Å². The monoisotopic (exact) mass is 292 g/mol. The molecule has 0 atom stereocenters. The van der Waals surface area contributed by atoms with Crippen molar-refractivity contribution < 1.29 is 14.3 Å². The molecule has 1 saturated heterocycles. The molecule has 116 valence electrons. The van der Waals surface area contributed by atoms with Crippen LogP contribution in [-0.4, -0.2) is 56.9 Å². The van der Waals surface area contributed by atoms with E-state index in [0.717, 1.165) is 51.5 Å². The Balaban J connectivity index is 1.78. The average Bonchev–Trinajstić information content (AvgIpc) is 2.54. The van der Waals surface area contributed by atoms with Gasteiger partial charge in [-0.25, -0.2) is 4.79 Å². The van der Waals surface area contributed by atoms with Crippen molar-refractivity contribution in [2.75, 3.05) is 51.3 Å². The maximum absolute atomic E-state index is 11.8. The predicted octanol–water partition coefficient (Wildman–Crippen LogP) is 2.00. The second-order valence-electron chi connectivity index (χ2n) is 5.10. The first-order valence-electron chi connectivity index (χ1n) is 7.60. The molecule has 0 aliphatic carbocycles. The Labute approximate surface area is 126 Å². The Kier molecular flexibility index (Phi) is 6.50. The highest BCUT2D eigenvalue weighted by Crippen LogP contribution is 2.11. The van der Waals surface area contributed by atoms with Crippen molar-refractivity contribution in [2.24, 2.45) is 0 Å². The van der Waals surface area contributed by atoms with Gasteiger partial charge < -0.3 is 14.8 Å². The normalized spacial score (nSPS) is 15.7. The summed E-state index contributed by atoms with van der Waals surface area (Å²) >= 11 is 0. The van der Waals surface area contributed by atoms with Crippen molar-refractivity contribution in [3.63, 3.8) is 0 Å². The highest BCUT2D eigenvalue weighted by molar-refractivity contribution is 5.90. The standard InChI is InChI=1S/C16H24N2O3/c1-2-10-21-16(19)14-4-3-5-15(13-14)17-6-7-18-8-11-20-12-9-18/h3-5,13,17H,2,6-12H2,1H3. The average molecular weight is 292 g/mol. The number of morpholine rings is 1. The van der Waals surface area contributed by atoms with E-state index in [4.69, 9.17) is 9.47 Å². The molecule has 0 aromatic heterocycles. The summed E-state index contributed by atoms with van der Waals surface area (Å²) in [5.74, 6) is -0.256. The zero-order valence-corrected chi connectivity index (χ0v) is 12.6. The van der Waals surface area contributed by atoms with Crippen molar-refractivity contribution >= 4 is 11.7 Å². The van der Waals surface area contributed by atoms with Crippen LogP contribution in [0.3, 0.4) is 0 Å². The summed E-state index contributed by atoms with van der Waals surface area (Å²) in [6, 6.07) is 7.47. The first-order valence-corrected chi connectivity index (χ1v) is 7.60. The summed E-state index contributed by atoms with van der Waals surface area (Å²) in [7, 11) is 0. The maximum atomic E-state index is 11.8. The number of carbonyl (C=O) groups is 1. The summed E-state index contributed by atoms with van der Waals surface area (Å²) in [5, 5.41) is 3.35. The fourth-order valence-electron chi connectivity index (χ4n) is 2.22. The van der Waals surface area contributed by atoms with Crippen LogP contribution >= 0.6 is 0 Å². The van der Waals surface area contributed by atoms with Crippen LogP contribution in [0.5, 0.6) is 0 Å². The van der Waals surface area contributed by atoms with E-state index in [9.17, 15) is 4.79 Å². The lowest BCUT2D eigenvalue weighted by Gasteiger charge is -2.26. The van der Waals surface area contributed by atoms with Gasteiger partial charge in [0, 0.05) is 31.9 Å². The highest BCUT2D eigenvalue weighted by Gasteiger charge is 2.10. The number of carbonyl (C=O) groups excluding carboxylic acids is 1. The van der Waals surface area contributed by atoms with Crippen LogP contribution in [-0.2, 0) is 9.47 Å². The van der Waals surface area contributed by atoms with Gasteiger partial charge in [-0.3, -0.25) is 4.90 Å². The van der Waals surface area contributed by atoms with Gasteiger partial charge in [0.25, 0.3) is 0 Å². The predicted molar refractivity (Wildman–Crippen MR) is 82.8 cm³/mol. The maximum Gasteiger partial charge on any atom is 0.338 e. The van der Waals surface area contributed by atoms with E-state index >= 15 is 0 Å². The minimum Gasteiger partial charge on any atom is -0.462 e. The third-order valence-electron chi connectivity index (χ3n) is 3.40. The SMILES string of the molecule is CCCOC(=O)c1cccc(NCCN2CCOCC2)c1. The van der Waals surface area contributed by atoms with Crippen LogP contribution in [0.2, 0.25) is 0 Å². The Hall–Kier alpha value is -1.59. The number of nitrogens with zero attached hydrogens (tertiary/aromatic N) is 1. The van der Waals surface area contributed by atoms with Crippen molar-refractivity contribution in [3.05, 3.63) is 29.8 Å². The lowest BCUT2D eigenvalue weighted by Crippen LogP contribution is -2.39. The van der Waals surface area contributed by atoms with E-state index in [-0.39, 0.29) is 5.97 Å². The molecule has 0 spiro atoms. The molecule has 1 aromatic rings. The van der Waals surface area contributed by atoms with Gasteiger partial charge in [0.05, 0.1) is 25.4 Å². The van der Waals surface area contributed by atoms with Gasteiger partial charge in [-0.1, -0.05) is 13.0 Å². The number of hydrogen-bond acceptors (Lipinski definition) is 5. The van der Waals surface area contributed by atoms with E-state index < -0.39 is 0 Å². The number of ether oxygens (including phenoxy) is 2. The van der Waals surface area contributed by atoms with Crippen molar-refractivity contribution in [1.29, 1.82) is 0 Å². The molecule has 1 aliphatic heterocycles. The molecule has 0 bridgehead atoms. The summed E-state index contributed by atoms with van der Waals surface area (Å²) < 4.78 is 10.5. The van der Waals surface area contributed by atoms with Crippen molar-refractivity contribution in [2.45, 2.75) is 13.3 Å².